The van der Waals surface area contributed by atoms with Crippen LogP contribution in [0.5, 0.6) is 5.88 Å². The smallest absolute Gasteiger partial charge is 0.227 e. The summed E-state index contributed by atoms with van der Waals surface area (Å²) >= 11 is 6.17. The molecule has 12 heteroatoms. The van der Waals surface area contributed by atoms with Gasteiger partial charge in [0.25, 0.3) is 0 Å². The molecule has 0 spiro atoms. The molecule has 4 heterocycles. The van der Waals surface area contributed by atoms with E-state index < -0.39 is 0 Å². The number of imidazole rings is 2. The maximum atomic E-state index is 13.3. The van der Waals surface area contributed by atoms with E-state index >= 15 is 0 Å². The molecule has 234 valence electrons. The molecule has 0 aliphatic heterocycles. The monoisotopic (exact) mass is 620 g/mol. The van der Waals surface area contributed by atoms with Crippen molar-refractivity contribution in [1.29, 1.82) is 0 Å². The SMILES string of the molecule is COc1ccc2nc(NC(=O)CC(C)C)n(C3CC(CC(C)(C)CC(=O)Nc4nc5cc(Cl)cnc5n4C4CCC4)C3)c2n1. The van der Waals surface area contributed by atoms with Crippen LogP contribution in [0.3, 0.4) is 0 Å². The van der Waals surface area contributed by atoms with Crippen molar-refractivity contribution in [2.75, 3.05) is 17.7 Å². The Labute approximate surface area is 262 Å². The summed E-state index contributed by atoms with van der Waals surface area (Å²) in [6.45, 7) is 8.33. The number of rotatable bonds is 11. The molecule has 2 N–H and O–H groups in total. The fraction of sp³-hybridized carbons (Fsp3) is 0.562. The number of halogens is 1. The number of aromatic nitrogens is 6. The van der Waals surface area contributed by atoms with Crippen molar-refractivity contribution >= 4 is 57.6 Å². The molecule has 0 aromatic carbocycles. The summed E-state index contributed by atoms with van der Waals surface area (Å²) < 4.78 is 9.49. The molecule has 44 heavy (non-hydrogen) atoms. The first-order valence-electron chi connectivity index (χ1n) is 15.6. The molecule has 2 aliphatic rings. The van der Waals surface area contributed by atoms with Gasteiger partial charge in [0.2, 0.25) is 29.6 Å². The van der Waals surface area contributed by atoms with Crippen molar-refractivity contribution < 1.29 is 14.3 Å². The van der Waals surface area contributed by atoms with Crippen molar-refractivity contribution in [3.05, 3.63) is 29.4 Å². The number of hydrogen-bond acceptors (Lipinski definition) is 7. The summed E-state index contributed by atoms with van der Waals surface area (Å²) in [4.78, 5) is 44.6. The highest BCUT2D eigenvalue weighted by Crippen LogP contribution is 2.47. The van der Waals surface area contributed by atoms with Gasteiger partial charge in [-0.2, -0.15) is 4.98 Å². The van der Waals surface area contributed by atoms with E-state index in [1.165, 1.54) is 0 Å². The van der Waals surface area contributed by atoms with Gasteiger partial charge in [0.1, 0.15) is 11.0 Å². The Bertz CT molecular complexity index is 1700. The lowest BCUT2D eigenvalue weighted by atomic mass is 9.69. The summed E-state index contributed by atoms with van der Waals surface area (Å²) in [5.74, 6) is 2.13. The van der Waals surface area contributed by atoms with Crippen LogP contribution in [0, 0.1) is 17.3 Å². The summed E-state index contributed by atoms with van der Waals surface area (Å²) in [7, 11) is 1.59. The zero-order chi connectivity index (χ0) is 31.2. The Kier molecular flexibility index (Phi) is 8.26. The molecule has 2 fully saturated rings. The molecule has 11 nitrogen and oxygen atoms in total. The van der Waals surface area contributed by atoms with E-state index in [0.717, 1.165) is 49.7 Å². The van der Waals surface area contributed by atoms with E-state index in [9.17, 15) is 9.59 Å². The van der Waals surface area contributed by atoms with Crippen molar-refractivity contribution in [2.24, 2.45) is 17.3 Å². The van der Waals surface area contributed by atoms with E-state index in [-0.39, 0.29) is 35.2 Å². The van der Waals surface area contributed by atoms with Gasteiger partial charge in [0.15, 0.2) is 11.3 Å². The number of nitrogens with one attached hydrogen (secondary N) is 2. The van der Waals surface area contributed by atoms with Crippen LogP contribution in [-0.4, -0.2) is 48.0 Å². The van der Waals surface area contributed by atoms with Crippen LogP contribution in [0.2, 0.25) is 5.02 Å². The third-order valence-corrected chi connectivity index (χ3v) is 9.02. The number of nitrogens with zero attached hydrogens (tertiary/aromatic N) is 6. The number of anilines is 2. The molecule has 0 unspecified atom stereocenters. The number of fused-ring (bicyclic) bond motifs is 2. The highest BCUT2D eigenvalue weighted by molar-refractivity contribution is 6.31. The van der Waals surface area contributed by atoms with Gasteiger partial charge in [-0.3, -0.25) is 29.4 Å². The quantitative estimate of drug-likeness (QED) is 0.186. The third kappa shape index (κ3) is 6.24. The first-order valence-corrected chi connectivity index (χ1v) is 15.9. The van der Waals surface area contributed by atoms with E-state index in [4.69, 9.17) is 21.3 Å². The molecule has 2 aliphatic carbocycles. The predicted molar refractivity (Wildman–Crippen MR) is 171 cm³/mol. The first kappa shape index (κ1) is 30.3. The van der Waals surface area contributed by atoms with Crippen LogP contribution >= 0.6 is 11.6 Å². The van der Waals surface area contributed by atoms with Crippen LogP contribution in [-0.2, 0) is 9.59 Å². The Morgan fingerprint density at radius 3 is 2.34 bits per heavy atom. The second-order valence-corrected chi connectivity index (χ2v) is 14.1. The molecule has 2 saturated carbocycles. The second-order valence-electron chi connectivity index (χ2n) is 13.6. The number of amides is 2. The first-order chi connectivity index (χ1) is 21.0. The minimum absolute atomic E-state index is 0.0556. The molecular formula is C32H41ClN8O3. The number of pyridine rings is 2. The number of hydrogen-bond donors (Lipinski definition) is 2. The average molecular weight is 621 g/mol. The van der Waals surface area contributed by atoms with E-state index in [1.54, 1.807) is 25.4 Å². The standard InChI is InChI=1S/C32H41ClN8O3/c1-18(2)11-25(42)37-30-35-23-9-10-27(44-5)39-29(23)41(30)22-12-19(13-22)15-32(3,4)16-26(43)38-31-36-24-14-20(33)17-34-28(24)40(31)21-7-6-8-21/h9-10,14,17-19,21-22H,6-8,11-13,15-16H2,1-5H3,(H,35,37,42)(H,36,38,43). The maximum Gasteiger partial charge on any atom is 0.227 e. The largest absolute Gasteiger partial charge is 0.481 e. The highest BCUT2D eigenvalue weighted by atomic mass is 35.5. The van der Waals surface area contributed by atoms with Crippen LogP contribution in [0.4, 0.5) is 11.9 Å². The Morgan fingerprint density at radius 1 is 1.00 bits per heavy atom. The topological polar surface area (TPSA) is 129 Å². The Balaban J connectivity index is 1.12. The van der Waals surface area contributed by atoms with Gasteiger partial charge in [-0.1, -0.05) is 39.3 Å². The zero-order valence-electron chi connectivity index (χ0n) is 26.1. The molecule has 2 amide bonds. The van der Waals surface area contributed by atoms with Gasteiger partial charge >= 0.3 is 0 Å². The maximum absolute atomic E-state index is 13.3. The number of carbonyl (C=O) groups excluding carboxylic acids is 2. The van der Waals surface area contributed by atoms with Crippen molar-refractivity contribution in [1.82, 2.24) is 29.1 Å². The summed E-state index contributed by atoms with van der Waals surface area (Å²) in [5, 5.41) is 6.64. The Hall–Kier alpha value is -3.73. The minimum atomic E-state index is -0.221. The van der Waals surface area contributed by atoms with Crippen molar-refractivity contribution in [3.8, 4) is 5.88 Å². The average Bonchev–Trinajstić information content (AvgIpc) is 3.40. The lowest BCUT2D eigenvalue weighted by Crippen LogP contribution is -2.33. The van der Waals surface area contributed by atoms with Gasteiger partial charge in [0.05, 0.1) is 12.1 Å². The van der Waals surface area contributed by atoms with Gasteiger partial charge in [-0.15, -0.1) is 0 Å². The number of methoxy groups -OCH3 is 1. The van der Waals surface area contributed by atoms with Crippen LogP contribution in [0.25, 0.3) is 22.3 Å². The summed E-state index contributed by atoms with van der Waals surface area (Å²) in [5.41, 5.74) is 2.65. The summed E-state index contributed by atoms with van der Waals surface area (Å²) in [6.07, 6.45) is 8.39. The highest BCUT2D eigenvalue weighted by Gasteiger charge is 2.38. The summed E-state index contributed by atoms with van der Waals surface area (Å²) in [6, 6.07) is 5.88. The van der Waals surface area contributed by atoms with Gasteiger partial charge < -0.3 is 4.74 Å². The van der Waals surface area contributed by atoms with Crippen molar-refractivity contribution in [2.45, 2.75) is 91.1 Å². The fourth-order valence-electron chi connectivity index (χ4n) is 6.62. The zero-order valence-corrected chi connectivity index (χ0v) is 26.8. The Morgan fingerprint density at radius 2 is 1.68 bits per heavy atom. The van der Waals surface area contributed by atoms with Crippen LogP contribution in [0.1, 0.15) is 91.1 Å². The number of ether oxygens (including phenoxy) is 1. The second kappa shape index (κ2) is 12.0. The van der Waals surface area contributed by atoms with Gasteiger partial charge in [-0.05, 0) is 67.9 Å². The molecule has 0 bridgehead atoms. The molecule has 0 atom stereocenters. The van der Waals surface area contributed by atoms with E-state index in [1.807, 2.05) is 19.9 Å². The molecule has 0 saturated heterocycles. The lowest BCUT2D eigenvalue weighted by molar-refractivity contribution is -0.118. The molecule has 4 aromatic rings. The normalized spacial score (nSPS) is 18.8. The molecule has 6 rings (SSSR count). The molecular weight excluding hydrogens is 580 g/mol. The number of carbonyl (C=O) groups is 2. The van der Waals surface area contributed by atoms with Gasteiger partial charge in [0, 0.05) is 37.2 Å². The third-order valence-electron chi connectivity index (χ3n) is 8.81. The predicted octanol–water partition coefficient (Wildman–Crippen LogP) is 6.94. The van der Waals surface area contributed by atoms with Crippen LogP contribution < -0.4 is 15.4 Å². The van der Waals surface area contributed by atoms with Crippen molar-refractivity contribution in [3.63, 3.8) is 0 Å². The van der Waals surface area contributed by atoms with E-state index in [2.05, 4.69) is 48.6 Å². The fourth-order valence-corrected chi connectivity index (χ4v) is 6.77. The van der Waals surface area contributed by atoms with E-state index in [0.29, 0.717) is 52.7 Å². The lowest BCUT2D eigenvalue weighted by Gasteiger charge is -2.41. The van der Waals surface area contributed by atoms with Crippen LogP contribution in [0.15, 0.2) is 24.4 Å². The molecule has 4 aromatic heterocycles. The van der Waals surface area contributed by atoms with Gasteiger partial charge in [-0.25, -0.2) is 15.0 Å². The minimum Gasteiger partial charge on any atom is -0.481 e. The molecule has 0 radical (unpaired) electrons.